The molecule has 156 valence electrons. The topological polar surface area (TPSA) is 74.5 Å². The first-order chi connectivity index (χ1) is 14.6. The Bertz CT molecular complexity index is 997. The van der Waals surface area contributed by atoms with Crippen molar-refractivity contribution < 1.29 is 9.21 Å². The molecule has 0 bridgehead atoms. The molecule has 1 amide bonds. The molecule has 2 aromatic carbocycles. The molecule has 1 aromatic heterocycles. The summed E-state index contributed by atoms with van der Waals surface area (Å²) in [6.45, 7) is 6.19. The van der Waals surface area contributed by atoms with E-state index in [4.69, 9.17) is 4.42 Å². The van der Waals surface area contributed by atoms with Gasteiger partial charge in [0.1, 0.15) is 0 Å². The highest BCUT2D eigenvalue weighted by Gasteiger charge is 2.15. The van der Waals surface area contributed by atoms with Crippen LogP contribution in [0.4, 0.5) is 11.4 Å². The number of hydrogen-bond acceptors (Lipinski definition) is 7. The van der Waals surface area contributed by atoms with Crippen LogP contribution >= 0.6 is 11.8 Å². The van der Waals surface area contributed by atoms with Gasteiger partial charge >= 0.3 is 0 Å². The van der Waals surface area contributed by atoms with Crippen molar-refractivity contribution in [2.75, 3.05) is 49.2 Å². The summed E-state index contributed by atoms with van der Waals surface area (Å²) in [7, 11) is 2.14. The average Bonchev–Trinajstić information content (AvgIpc) is 3.23. The number of nitrogens with zero attached hydrogens (tertiary/aromatic N) is 4. The Morgan fingerprint density at radius 3 is 2.60 bits per heavy atom. The normalized spacial score (nSPS) is 14.7. The van der Waals surface area contributed by atoms with Crippen molar-refractivity contribution in [2.24, 2.45) is 0 Å². The number of hydrogen-bond donors (Lipinski definition) is 1. The third-order valence-electron chi connectivity index (χ3n) is 5.02. The highest BCUT2D eigenvalue weighted by Crippen LogP contribution is 2.24. The molecule has 0 spiro atoms. The predicted molar refractivity (Wildman–Crippen MR) is 120 cm³/mol. The molecule has 0 aliphatic carbocycles. The summed E-state index contributed by atoms with van der Waals surface area (Å²) < 4.78 is 5.67. The van der Waals surface area contributed by atoms with Crippen molar-refractivity contribution in [1.82, 2.24) is 15.1 Å². The van der Waals surface area contributed by atoms with E-state index in [1.807, 2.05) is 43.3 Å². The number of aromatic nitrogens is 2. The number of likely N-dealkylation sites (N-methyl/N-ethyl adjacent to an activating group) is 1. The zero-order valence-corrected chi connectivity index (χ0v) is 18.0. The molecule has 0 unspecified atom stereocenters. The van der Waals surface area contributed by atoms with Crippen LogP contribution < -0.4 is 10.2 Å². The third-order valence-corrected chi connectivity index (χ3v) is 5.84. The second-order valence-corrected chi connectivity index (χ2v) is 8.34. The van der Waals surface area contributed by atoms with E-state index in [-0.39, 0.29) is 11.7 Å². The first-order valence-electron chi connectivity index (χ1n) is 9.93. The molecule has 8 heteroatoms. The Balaban J connectivity index is 1.28. The number of thioether (sulfide) groups is 1. The van der Waals surface area contributed by atoms with Gasteiger partial charge in [0, 0.05) is 43.1 Å². The van der Waals surface area contributed by atoms with Gasteiger partial charge in [-0.15, -0.1) is 10.2 Å². The van der Waals surface area contributed by atoms with Crippen LogP contribution in [-0.2, 0) is 4.79 Å². The summed E-state index contributed by atoms with van der Waals surface area (Å²) in [5.41, 5.74) is 3.96. The maximum Gasteiger partial charge on any atom is 0.277 e. The highest BCUT2D eigenvalue weighted by atomic mass is 32.2. The summed E-state index contributed by atoms with van der Waals surface area (Å²) in [6.07, 6.45) is 0. The van der Waals surface area contributed by atoms with Gasteiger partial charge in [-0.3, -0.25) is 4.79 Å². The largest absolute Gasteiger partial charge is 0.411 e. The van der Waals surface area contributed by atoms with Crippen LogP contribution in [-0.4, -0.2) is 60.0 Å². The second-order valence-electron chi connectivity index (χ2n) is 7.42. The van der Waals surface area contributed by atoms with Crippen LogP contribution in [0.25, 0.3) is 11.5 Å². The lowest BCUT2D eigenvalue weighted by atomic mass is 10.1. The van der Waals surface area contributed by atoms with E-state index >= 15 is 0 Å². The van der Waals surface area contributed by atoms with Crippen molar-refractivity contribution in [3.8, 4) is 11.5 Å². The molecule has 2 heterocycles. The Morgan fingerprint density at radius 1 is 1.10 bits per heavy atom. The lowest BCUT2D eigenvalue weighted by molar-refractivity contribution is -0.113. The predicted octanol–water partition coefficient (Wildman–Crippen LogP) is 3.53. The Labute approximate surface area is 180 Å². The number of benzene rings is 2. The number of carbonyl (C=O) groups excluding carboxylic acids is 1. The molecule has 0 atom stereocenters. The zero-order valence-electron chi connectivity index (χ0n) is 17.2. The first kappa shape index (κ1) is 20.4. The summed E-state index contributed by atoms with van der Waals surface area (Å²) in [5.74, 6) is 0.555. The fraction of sp³-hybridized carbons (Fsp3) is 0.318. The summed E-state index contributed by atoms with van der Waals surface area (Å²) in [5, 5.41) is 11.4. The lowest BCUT2D eigenvalue weighted by Crippen LogP contribution is -2.44. The smallest absolute Gasteiger partial charge is 0.277 e. The number of carbonyl (C=O) groups is 1. The van der Waals surface area contributed by atoms with E-state index in [9.17, 15) is 4.79 Å². The van der Waals surface area contributed by atoms with Gasteiger partial charge in [-0.2, -0.15) is 0 Å². The second kappa shape index (κ2) is 9.32. The summed E-state index contributed by atoms with van der Waals surface area (Å²) in [4.78, 5) is 17.0. The van der Waals surface area contributed by atoms with Crippen molar-refractivity contribution in [2.45, 2.75) is 12.1 Å². The van der Waals surface area contributed by atoms with E-state index < -0.39 is 0 Å². The van der Waals surface area contributed by atoms with Crippen LogP contribution in [0.15, 0.2) is 58.2 Å². The van der Waals surface area contributed by atoms with Crippen LogP contribution in [0.1, 0.15) is 5.56 Å². The number of piperazine rings is 1. The minimum absolute atomic E-state index is 0.109. The molecule has 0 radical (unpaired) electrons. The van der Waals surface area contributed by atoms with Crippen LogP contribution in [0.2, 0.25) is 0 Å². The van der Waals surface area contributed by atoms with Crippen molar-refractivity contribution in [3.63, 3.8) is 0 Å². The van der Waals surface area contributed by atoms with Crippen molar-refractivity contribution in [1.29, 1.82) is 0 Å². The molecule has 1 aliphatic rings. The van der Waals surface area contributed by atoms with Crippen LogP contribution in [0.3, 0.4) is 0 Å². The van der Waals surface area contributed by atoms with E-state index in [1.165, 1.54) is 17.4 Å². The summed E-state index contributed by atoms with van der Waals surface area (Å²) >= 11 is 1.23. The van der Waals surface area contributed by atoms with Gasteiger partial charge in [0.15, 0.2) is 0 Å². The fourth-order valence-electron chi connectivity index (χ4n) is 3.31. The molecule has 4 rings (SSSR count). The molecule has 1 aliphatic heterocycles. The molecule has 30 heavy (non-hydrogen) atoms. The molecule has 1 saturated heterocycles. The number of aryl methyl sites for hydroxylation is 1. The van der Waals surface area contributed by atoms with E-state index in [0.29, 0.717) is 11.1 Å². The maximum absolute atomic E-state index is 12.3. The van der Waals surface area contributed by atoms with Gasteiger partial charge in [-0.1, -0.05) is 29.5 Å². The Kier molecular flexibility index (Phi) is 6.35. The van der Waals surface area contributed by atoms with E-state index in [0.717, 1.165) is 43.0 Å². The fourth-order valence-corrected chi connectivity index (χ4v) is 3.87. The van der Waals surface area contributed by atoms with Gasteiger partial charge in [0.2, 0.25) is 11.8 Å². The van der Waals surface area contributed by atoms with Crippen molar-refractivity contribution >= 4 is 29.0 Å². The number of anilines is 2. The molecule has 7 nitrogen and oxygen atoms in total. The van der Waals surface area contributed by atoms with Gasteiger partial charge < -0.3 is 19.5 Å². The number of nitrogens with one attached hydrogen (secondary N) is 1. The SMILES string of the molecule is Cc1cccc(-c2nnc(SCC(=O)Nc3ccc(N4CCN(C)CC4)cc3)o2)c1. The first-order valence-corrected chi connectivity index (χ1v) is 10.9. The third kappa shape index (κ3) is 5.20. The molecule has 0 saturated carbocycles. The summed E-state index contributed by atoms with van der Waals surface area (Å²) in [6, 6.07) is 15.9. The Hall–Kier alpha value is -2.84. The minimum atomic E-state index is -0.109. The molecular weight excluding hydrogens is 398 g/mol. The molecular formula is C22H25N5O2S. The highest BCUT2D eigenvalue weighted by molar-refractivity contribution is 7.99. The standard InChI is InChI=1S/C22H25N5O2S/c1-16-4-3-5-17(14-16)21-24-25-22(29-21)30-15-20(28)23-18-6-8-19(9-7-18)27-12-10-26(2)11-13-27/h3-9,14H,10-13,15H2,1-2H3,(H,23,28). The van der Waals surface area contributed by atoms with Gasteiger partial charge in [-0.25, -0.2) is 0 Å². The molecule has 3 aromatic rings. The van der Waals surface area contributed by atoms with Gasteiger partial charge in [-0.05, 0) is 50.4 Å². The molecule has 1 fully saturated rings. The quantitative estimate of drug-likeness (QED) is 0.608. The van der Waals surface area contributed by atoms with Gasteiger partial charge in [0.25, 0.3) is 5.22 Å². The van der Waals surface area contributed by atoms with Crippen molar-refractivity contribution in [3.05, 3.63) is 54.1 Å². The molecule has 1 N–H and O–H groups in total. The van der Waals surface area contributed by atoms with Gasteiger partial charge in [0.05, 0.1) is 5.75 Å². The van der Waals surface area contributed by atoms with E-state index in [1.54, 1.807) is 0 Å². The monoisotopic (exact) mass is 423 g/mol. The maximum atomic E-state index is 12.3. The number of amides is 1. The van der Waals surface area contributed by atoms with Crippen LogP contribution in [0, 0.1) is 6.92 Å². The average molecular weight is 424 g/mol. The van der Waals surface area contributed by atoms with E-state index in [2.05, 4.69) is 44.5 Å². The number of rotatable bonds is 6. The Morgan fingerprint density at radius 2 is 1.87 bits per heavy atom. The minimum Gasteiger partial charge on any atom is -0.411 e. The zero-order chi connectivity index (χ0) is 20.9. The lowest BCUT2D eigenvalue weighted by Gasteiger charge is -2.34. The van der Waals surface area contributed by atoms with Crippen LogP contribution in [0.5, 0.6) is 0 Å².